The maximum absolute atomic E-state index is 12.3. The van der Waals surface area contributed by atoms with Crippen LogP contribution in [0.3, 0.4) is 0 Å². The lowest BCUT2D eigenvalue weighted by atomic mass is 9.95. The molecule has 1 N–H and O–H groups in total. The number of nitrogens with zero attached hydrogens (tertiary/aromatic N) is 3. The highest BCUT2D eigenvalue weighted by Gasteiger charge is 2.17. The Balaban J connectivity index is 1.37. The lowest BCUT2D eigenvalue weighted by Crippen LogP contribution is -2.36. The molecule has 162 valence electrons. The fraction of sp³-hybridized carbons (Fsp3) is 0.400. The average molecular weight is 435 g/mol. The predicted octanol–water partition coefficient (Wildman–Crippen LogP) is 5.18. The Morgan fingerprint density at radius 1 is 0.968 bits per heavy atom. The van der Waals surface area contributed by atoms with Gasteiger partial charge >= 0.3 is 0 Å². The lowest BCUT2D eigenvalue weighted by Gasteiger charge is -2.22. The van der Waals surface area contributed by atoms with Crippen LogP contribution in [0, 0.1) is 0 Å². The zero-order valence-corrected chi connectivity index (χ0v) is 18.7. The van der Waals surface area contributed by atoms with Crippen LogP contribution in [0.4, 0.5) is 0 Å². The van der Waals surface area contributed by atoms with E-state index in [4.69, 9.17) is 0 Å². The number of rotatable bonds is 9. The van der Waals surface area contributed by atoms with E-state index in [1.165, 1.54) is 24.8 Å². The second-order valence-corrected chi connectivity index (χ2v) is 9.15. The first-order valence-corrected chi connectivity index (χ1v) is 12.2. The number of hydrogen-bond donors (Lipinski definition) is 1. The highest BCUT2D eigenvalue weighted by atomic mass is 32.2. The maximum atomic E-state index is 12.3. The van der Waals surface area contributed by atoms with Crippen molar-refractivity contribution in [2.24, 2.45) is 0 Å². The number of nitrogens with one attached hydrogen (secondary N) is 1. The summed E-state index contributed by atoms with van der Waals surface area (Å²) >= 11 is 1.67. The van der Waals surface area contributed by atoms with Crippen LogP contribution in [-0.4, -0.2) is 32.5 Å². The molecule has 0 radical (unpaired) electrons. The van der Waals surface area contributed by atoms with Crippen molar-refractivity contribution in [2.45, 2.75) is 62.6 Å². The molecule has 3 aromatic rings. The minimum Gasteiger partial charge on any atom is -0.353 e. The molecule has 0 atom stereocenters. The molecule has 1 amide bonds. The van der Waals surface area contributed by atoms with Crippen molar-refractivity contribution in [3.63, 3.8) is 0 Å². The van der Waals surface area contributed by atoms with Gasteiger partial charge in [0.15, 0.2) is 5.16 Å². The van der Waals surface area contributed by atoms with Crippen LogP contribution < -0.4 is 5.32 Å². The van der Waals surface area contributed by atoms with Crippen LogP contribution >= 0.6 is 11.8 Å². The molecule has 0 bridgehead atoms. The second kappa shape index (κ2) is 11.1. The summed E-state index contributed by atoms with van der Waals surface area (Å²) in [5.74, 6) is 1.95. The van der Waals surface area contributed by atoms with Crippen LogP contribution in [0.25, 0.3) is 5.69 Å². The van der Waals surface area contributed by atoms with E-state index in [1.54, 1.807) is 11.8 Å². The predicted molar refractivity (Wildman–Crippen MR) is 126 cm³/mol. The summed E-state index contributed by atoms with van der Waals surface area (Å²) in [4.78, 5) is 12.3. The van der Waals surface area contributed by atoms with Crippen molar-refractivity contribution in [3.05, 3.63) is 72.1 Å². The number of amides is 1. The monoisotopic (exact) mass is 434 g/mol. The Morgan fingerprint density at radius 2 is 1.68 bits per heavy atom. The Morgan fingerprint density at radius 3 is 2.42 bits per heavy atom. The van der Waals surface area contributed by atoms with Crippen molar-refractivity contribution < 1.29 is 4.79 Å². The lowest BCUT2D eigenvalue weighted by molar-refractivity contribution is -0.122. The van der Waals surface area contributed by atoms with Crippen molar-refractivity contribution in [2.75, 3.05) is 5.75 Å². The molecule has 5 nitrogen and oxygen atoms in total. The molecule has 1 aromatic heterocycles. The van der Waals surface area contributed by atoms with Gasteiger partial charge in [-0.3, -0.25) is 9.36 Å². The minimum absolute atomic E-state index is 0.182. The SMILES string of the molecule is O=C(CCCSc1nnc(Cc2ccccc2)n1-c1ccccc1)NC1CCCCC1. The molecule has 0 spiro atoms. The van der Waals surface area contributed by atoms with Gasteiger partial charge in [-0.2, -0.15) is 0 Å². The molecule has 0 unspecified atom stereocenters. The molecule has 1 heterocycles. The van der Waals surface area contributed by atoms with Crippen molar-refractivity contribution in [1.29, 1.82) is 0 Å². The van der Waals surface area contributed by atoms with Gasteiger partial charge in [0.2, 0.25) is 5.91 Å². The summed E-state index contributed by atoms with van der Waals surface area (Å²) in [6, 6.07) is 21.0. The fourth-order valence-corrected chi connectivity index (χ4v) is 4.98. The maximum Gasteiger partial charge on any atom is 0.220 e. The van der Waals surface area contributed by atoms with Gasteiger partial charge in [0, 0.05) is 30.3 Å². The first kappa shape index (κ1) is 21.6. The van der Waals surface area contributed by atoms with E-state index in [1.807, 2.05) is 36.4 Å². The molecule has 6 heteroatoms. The van der Waals surface area contributed by atoms with E-state index in [2.05, 4.69) is 44.3 Å². The second-order valence-electron chi connectivity index (χ2n) is 8.09. The molecule has 2 aromatic carbocycles. The van der Waals surface area contributed by atoms with Crippen LogP contribution in [0.1, 0.15) is 56.3 Å². The molecule has 1 aliphatic rings. The summed E-state index contributed by atoms with van der Waals surface area (Å²) in [6.07, 6.45) is 8.17. The summed E-state index contributed by atoms with van der Waals surface area (Å²) in [6.45, 7) is 0. The third kappa shape index (κ3) is 6.20. The smallest absolute Gasteiger partial charge is 0.220 e. The summed E-state index contributed by atoms with van der Waals surface area (Å²) in [5, 5.41) is 13.1. The summed E-state index contributed by atoms with van der Waals surface area (Å²) in [5.41, 5.74) is 2.28. The zero-order chi connectivity index (χ0) is 21.3. The van der Waals surface area contributed by atoms with Crippen molar-refractivity contribution in [3.8, 4) is 5.69 Å². The number of carbonyl (C=O) groups is 1. The third-order valence-corrected chi connectivity index (χ3v) is 6.68. The molecule has 4 rings (SSSR count). The molecule has 1 fully saturated rings. The topological polar surface area (TPSA) is 59.8 Å². The van der Waals surface area contributed by atoms with Crippen LogP contribution in [0.2, 0.25) is 0 Å². The van der Waals surface area contributed by atoms with Gasteiger partial charge in [-0.05, 0) is 37.0 Å². The van der Waals surface area contributed by atoms with E-state index in [0.29, 0.717) is 12.5 Å². The van der Waals surface area contributed by atoms with Gasteiger partial charge in [-0.25, -0.2) is 0 Å². The number of aromatic nitrogens is 3. The largest absolute Gasteiger partial charge is 0.353 e. The first-order chi connectivity index (χ1) is 15.3. The number of thioether (sulfide) groups is 1. The van der Waals surface area contributed by atoms with Crippen LogP contribution in [0.15, 0.2) is 65.8 Å². The molecule has 0 saturated heterocycles. The number of benzene rings is 2. The van der Waals surface area contributed by atoms with Crippen LogP contribution in [0.5, 0.6) is 0 Å². The number of carbonyl (C=O) groups excluding carboxylic acids is 1. The van der Waals surface area contributed by atoms with Gasteiger partial charge in [-0.1, -0.05) is 79.6 Å². The molecule has 0 aliphatic heterocycles. The summed E-state index contributed by atoms with van der Waals surface area (Å²) in [7, 11) is 0. The Labute approximate surface area is 188 Å². The average Bonchev–Trinajstić information content (AvgIpc) is 3.21. The van der Waals surface area contributed by atoms with Crippen molar-refractivity contribution in [1.82, 2.24) is 20.1 Å². The molecule has 31 heavy (non-hydrogen) atoms. The van der Waals surface area contributed by atoms with Gasteiger partial charge < -0.3 is 5.32 Å². The van der Waals surface area contributed by atoms with Gasteiger partial charge in [0.1, 0.15) is 5.82 Å². The van der Waals surface area contributed by atoms with E-state index in [0.717, 1.165) is 48.1 Å². The fourth-order valence-electron chi connectivity index (χ4n) is 4.07. The van der Waals surface area contributed by atoms with Gasteiger partial charge in [-0.15, -0.1) is 10.2 Å². The van der Waals surface area contributed by atoms with Gasteiger partial charge in [0.05, 0.1) is 0 Å². The molecule has 1 aliphatic carbocycles. The molecule has 1 saturated carbocycles. The zero-order valence-electron chi connectivity index (χ0n) is 17.9. The van der Waals surface area contributed by atoms with E-state index < -0.39 is 0 Å². The van der Waals surface area contributed by atoms with Gasteiger partial charge in [0.25, 0.3) is 0 Å². The molecular formula is C25H30N4OS. The third-order valence-electron chi connectivity index (χ3n) is 5.67. The van der Waals surface area contributed by atoms with E-state index in [-0.39, 0.29) is 5.91 Å². The minimum atomic E-state index is 0.182. The number of hydrogen-bond acceptors (Lipinski definition) is 4. The van der Waals surface area contributed by atoms with Crippen molar-refractivity contribution >= 4 is 17.7 Å². The number of para-hydroxylation sites is 1. The van der Waals surface area contributed by atoms with E-state index in [9.17, 15) is 4.79 Å². The highest BCUT2D eigenvalue weighted by Crippen LogP contribution is 2.24. The Hall–Kier alpha value is -2.60. The first-order valence-electron chi connectivity index (χ1n) is 11.3. The quantitative estimate of drug-likeness (QED) is 0.372. The van der Waals surface area contributed by atoms with E-state index >= 15 is 0 Å². The Bertz CT molecular complexity index is 952. The van der Waals surface area contributed by atoms with Crippen LogP contribution in [-0.2, 0) is 11.2 Å². The normalized spacial score (nSPS) is 14.5. The standard InChI is InChI=1S/C25H30N4OS/c30-24(26-21-13-6-2-7-14-21)17-10-18-31-25-28-27-23(19-20-11-4-1-5-12-20)29(25)22-15-8-3-9-16-22/h1,3-5,8-9,11-12,15-16,21H,2,6-7,10,13-14,17-19H2,(H,26,30). The summed E-state index contributed by atoms with van der Waals surface area (Å²) < 4.78 is 2.14. The molecular weight excluding hydrogens is 404 g/mol. The highest BCUT2D eigenvalue weighted by molar-refractivity contribution is 7.99. The Kier molecular flexibility index (Phi) is 7.77.